The highest BCUT2D eigenvalue weighted by Gasteiger charge is 2.44. The summed E-state index contributed by atoms with van der Waals surface area (Å²) in [6.45, 7) is 0. The molecule has 1 aliphatic heterocycles. The molecule has 0 unspecified atom stereocenters. The van der Waals surface area contributed by atoms with Crippen molar-refractivity contribution in [3.8, 4) is 0 Å². The molecule has 1 N–H and O–H groups in total. The number of ether oxygens (including phenoxy) is 1. The highest BCUT2D eigenvalue weighted by molar-refractivity contribution is 7.90. The maximum absolute atomic E-state index is 13.8. The summed E-state index contributed by atoms with van der Waals surface area (Å²) in [6.07, 6.45) is 3.00. The van der Waals surface area contributed by atoms with Gasteiger partial charge in [0.25, 0.3) is 0 Å². The summed E-state index contributed by atoms with van der Waals surface area (Å²) in [5.74, 6) is -0.711. The molecule has 1 aromatic carbocycles. The molecule has 120 valence electrons. The number of benzene rings is 1. The molecule has 1 heterocycles. The van der Waals surface area contributed by atoms with Crippen LogP contribution in [0.15, 0.2) is 17.0 Å². The molecule has 3 rings (SSSR count). The van der Waals surface area contributed by atoms with E-state index in [4.69, 9.17) is 4.74 Å². The average molecular weight is 327 g/mol. The third kappa shape index (κ3) is 2.47. The largest absolute Gasteiger partial charge is 0.469 e. The van der Waals surface area contributed by atoms with E-state index < -0.39 is 15.7 Å². The van der Waals surface area contributed by atoms with Gasteiger partial charge in [0.05, 0.1) is 24.1 Å². The van der Waals surface area contributed by atoms with Crippen LogP contribution in [-0.4, -0.2) is 33.8 Å². The summed E-state index contributed by atoms with van der Waals surface area (Å²) in [5, 5.41) is 3.22. The van der Waals surface area contributed by atoms with Crippen LogP contribution in [0.4, 0.5) is 10.1 Å². The zero-order valence-electron chi connectivity index (χ0n) is 12.4. The first-order valence-corrected chi connectivity index (χ1v) is 9.07. The number of nitrogens with one attached hydrogen (secondary N) is 1. The molecule has 5 nitrogen and oxygen atoms in total. The molecule has 1 fully saturated rings. The Morgan fingerprint density at radius 1 is 1.41 bits per heavy atom. The van der Waals surface area contributed by atoms with E-state index >= 15 is 0 Å². The molecule has 0 amide bonds. The van der Waals surface area contributed by atoms with Crippen LogP contribution in [0, 0.1) is 11.7 Å². The first-order chi connectivity index (χ1) is 10.3. The molecule has 1 aliphatic carbocycles. The van der Waals surface area contributed by atoms with Gasteiger partial charge in [-0.25, -0.2) is 12.8 Å². The molecule has 0 aromatic heterocycles. The van der Waals surface area contributed by atoms with Crippen LogP contribution in [0.5, 0.6) is 0 Å². The Morgan fingerprint density at radius 2 is 2.14 bits per heavy atom. The third-order valence-corrected chi connectivity index (χ3v) is 5.77. The van der Waals surface area contributed by atoms with E-state index in [1.165, 1.54) is 13.2 Å². The molecule has 3 atom stereocenters. The number of carbonyl (C=O) groups excluding carboxylic acids is 1. The molecule has 22 heavy (non-hydrogen) atoms. The fraction of sp³-hybridized carbons (Fsp3) is 0.533. The topological polar surface area (TPSA) is 72.5 Å². The second-order valence-electron chi connectivity index (χ2n) is 6.03. The van der Waals surface area contributed by atoms with Crippen molar-refractivity contribution in [1.29, 1.82) is 0 Å². The predicted molar refractivity (Wildman–Crippen MR) is 79.0 cm³/mol. The fourth-order valence-electron chi connectivity index (χ4n) is 3.68. The summed E-state index contributed by atoms with van der Waals surface area (Å²) >= 11 is 0. The molecule has 2 aliphatic rings. The summed E-state index contributed by atoms with van der Waals surface area (Å²) < 4.78 is 42.3. The number of hydrogen-bond donors (Lipinski definition) is 1. The highest BCUT2D eigenvalue weighted by Crippen LogP contribution is 2.50. The maximum atomic E-state index is 13.8. The van der Waals surface area contributed by atoms with Crippen molar-refractivity contribution in [2.45, 2.75) is 36.1 Å². The lowest BCUT2D eigenvalue weighted by Gasteiger charge is -2.19. The minimum Gasteiger partial charge on any atom is -0.469 e. The van der Waals surface area contributed by atoms with Crippen molar-refractivity contribution in [3.63, 3.8) is 0 Å². The minimum absolute atomic E-state index is 0.00582. The van der Waals surface area contributed by atoms with Gasteiger partial charge in [0.2, 0.25) is 0 Å². The molecule has 7 heteroatoms. The van der Waals surface area contributed by atoms with Crippen molar-refractivity contribution >= 4 is 21.5 Å². The van der Waals surface area contributed by atoms with E-state index in [0.29, 0.717) is 11.3 Å². The van der Waals surface area contributed by atoms with E-state index in [0.717, 1.165) is 25.2 Å². The van der Waals surface area contributed by atoms with E-state index in [1.54, 1.807) is 0 Å². The number of hydrogen-bond acceptors (Lipinski definition) is 5. The van der Waals surface area contributed by atoms with Crippen LogP contribution in [0.3, 0.4) is 0 Å². The Hall–Kier alpha value is -1.63. The van der Waals surface area contributed by atoms with Crippen molar-refractivity contribution in [3.05, 3.63) is 23.5 Å². The lowest BCUT2D eigenvalue weighted by atomic mass is 9.93. The summed E-state index contributed by atoms with van der Waals surface area (Å²) in [4.78, 5) is 11.5. The Balaban J connectivity index is 1.97. The normalized spacial score (nSPS) is 26.2. The monoisotopic (exact) mass is 327 g/mol. The molecule has 1 aromatic rings. The van der Waals surface area contributed by atoms with Gasteiger partial charge in [-0.15, -0.1) is 0 Å². The second-order valence-corrected chi connectivity index (χ2v) is 8.02. The molecule has 0 spiro atoms. The van der Waals surface area contributed by atoms with E-state index in [9.17, 15) is 17.6 Å². The lowest BCUT2D eigenvalue weighted by molar-refractivity contribution is -0.141. The van der Waals surface area contributed by atoms with Gasteiger partial charge in [-0.3, -0.25) is 4.79 Å². The zero-order valence-corrected chi connectivity index (χ0v) is 13.2. The van der Waals surface area contributed by atoms with Crippen LogP contribution < -0.4 is 5.32 Å². The fourth-order valence-corrected chi connectivity index (χ4v) is 4.56. The number of fused-ring (bicyclic) bond motifs is 3. The number of rotatable bonds is 3. The maximum Gasteiger partial charge on any atom is 0.305 e. The molecule has 0 saturated heterocycles. The molecule has 0 radical (unpaired) electrons. The second kappa shape index (κ2) is 5.22. The molecular weight excluding hydrogens is 309 g/mol. The van der Waals surface area contributed by atoms with Gasteiger partial charge < -0.3 is 10.1 Å². The van der Waals surface area contributed by atoms with Gasteiger partial charge in [-0.05, 0) is 36.5 Å². The SMILES string of the molecule is COC(=O)C[C@H]1CC[C@H]2c3cc(F)cc(S(C)(=O)=O)c3N[C@@H]12. The number of sulfone groups is 1. The van der Waals surface area contributed by atoms with Crippen LogP contribution in [-0.2, 0) is 19.4 Å². The van der Waals surface area contributed by atoms with Crippen LogP contribution in [0.2, 0.25) is 0 Å². The van der Waals surface area contributed by atoms with Crippen molar-refractivity contribution in [1.82, 2.24) is 0 Å². The summed E-state index contributed by atoms with van der Waals surface area (Å²) in [7, 11) is -2.17. The Morgan fingerprint density at radius 3 is 2.77 bits per heavy atom. The summed E-state index contributed by atoms with van der Waals surface area (Å²) in [5.41, 5.74) is 1.20. The number of carbonyl (C=O) groups is 1. The average Bonchev–Trinajstić information content (AvgIpc) is 2.97. The quantitative estimate of drug-likeness (QED) is 0.861. The van der Waals surface area contributed by atoms with Gasteiger partial charge in [0, 0.05) is 18.2 Å². The number of methoxy groups -OCH3 is 1. The zero-order chi connectivity index (χ0) is 16.1. The van der Waals surface area contributed by atoms with Gasteiger partial charge in [-0.1, -0.05) is 0 Å². The minimum atomic E-state index is -3.52. The first kappa shape index (κ1) is 15.3. The van der Waals surface area contributed by atoms with Crippen LogP contribution >= 0.6 is 0 Å². The molecule has 1 saturated carbocycles. The lowest BCUT2D eigenvalue weighted by Crippen LogP contribution is -2.26. The molecular formula is C15H18FNO4S. The Kier molecular flexibility index (Phi) is 3.63. The highest BCUT2D eigenvalue weighted by atomic mass is 32.2. The Bertz CT molecular complexity index is 731. The summed E-state index contributed by atoms with van der Waals surface area (Å²) in [6, 6.07) is 2.41. The first-order valence-electron chi connectivity index (χ1n) is 7.18. The van der Waals surface area contributed by atoms with E-state index in [-0.39, 0.29) is 35.2 Å². The van der Waals surface area contributed by atoms with E-state index in [1.807, 2.05) is 0 Å². The van der Waals surface area contributed by atoms with Gasteiger partial charge in [0.15, 0.2) is 9.84 Å². The van der Waals surface area contributed by atoms with Crippen molar-refractivity contribution < 1.29 is 22.3 Å². The third-order valence-electron chi connectivity index (χ3n) is 4.65. The number of esters is 1. The Labute approximate surface area is 128 Å². The van der Waals surface area contributed by atoms with Gasteiger partial charge in [0.1, 0.15) is 5.82 Å². The van der Waals surface area contributed by atoms with Crippen molar-refractivity contribution in [2.75, 3.05) is 18.7 Å². The standard InChI is InChI=1S/C15H18FNO4S/c1-21-13(18)5-8-3-4-10-11-6-9(16)7-12(22(2,19)20)15(11)17-14(8)10/h6-8,10,14,17H,3-5H2,1-2H3/t8-,10+,14+/m1/s1. The number of anilines is 1. The van der Waals surface area contributed by atoms with Crippen LogP contribution in [0.25, 0.3) is 0 Å². The van der Waals surface area contributed by atoms with Crippen LogP contribution in [0.1, 0.15) is 30.7 Å². The smallest absolute Gasteiger partial charge is 0.305 e. The number of halogens is 1. The molecule has 0 bridgehead atoms. The van der Waals surface area contributed by atoms with Gasteiger partial charge >= 0.3 is 5.97 Å². The van der Waals surface area contributed by atoms with Crippen molar-refractivity contribution in [2.24, 2.45) is 5.92 Å². The predicted octanol–water partition coefficient (Wildman–Crippen LogP) is 2.08. The van der Waals surface area contributed by atoms with Gasteiger partial charge in [-0.2, -0.15) is 0 Å². The van der Waals surface area contributed by atoms with E-state index in [2.05, 4.69) is 5.32 Å².